The maximum atomic E-state index is 8.97. The number of nitrogens with zero attached hydrogens (tertiary/aromatic N) is 2. The molecule has 0 aromatic heterocycles. The molecule has 0 aliphatic heterocycles. The van der Waals surface area contributed by atoms with Crippen LogP contribution in [0, 0.1) is 0 Å². The summed E-state index contributed by atoms with van der Waals surface area (Å²) >= 11 is 0. The molecular weight excluding hydrogens is 531 g/mol. The van der Waals surface area contributed by atoms with Gasteiger partial charge in [-0.15, -0.1) is 24.0 Å². The van der Waals surface area contributed by atoms with Crippen molar-refractivity contribution in [2.45, 2.75) is 33.4 Å². The number of guanidine groups is 1. The van der Waals surface area contributed by atoms with Gasteiger partial charge in [0.1, 0.15) is 6.61 Å². The first-order valence-electron chi connectivity index (χ1n) is 11.4. The highest BCUT2D eigenvalue weighted by atomic mass is 127. The molecule has 0 saturated carbocycles. The van der Waals surface area contributed by atoms with Gasteiger partial charge < -0.3 is 25.2 Å². The lowest BCUT2D eigenvalue weighted by Crippen LogP contribution is -2.43. The van der Waals surface area contributed by atoms with Crippen molar-refractivity contribution >= 4 is 29.9 Å². The molecule has 33 heavy (non-hydrogen) atoms. The van der Waals surface area contributed by atoms with Gasteiger partial charge in [-0.05, 0) is 43.3 Å². The Kier molecular flexibility index (Phi) is 14.5. The molecule has 0 fully saturated rings. The number of hydrogen-bond acceptors (Lipinski definition) is 5. The number of aliphatic hydroxyl groups is 1. The number of benzene rings is 2. The Labute approximate surface area is 215 Å². The van der Waals surface area contributed by atoms with Gasteiger partial charge in [-0.2, -0.15) is 0 Å². The second-order valence-electron chi connectivity index (χ2n) is 7.28. The number of rotatable bonds is 13. The van der Waals surface area contributed by atoms with Crippen LogP contribution in [0.5, 0.6) is 11.5 Å². The summed E-state index contributed by atoms with van der Waals surface area (Å²) in [7, 11) is 1.61. The van der Waals surface area contributed by atoms with Crippen LogP contribution >= 0.6 is 24.0 Å². The highest BCUT2D eigenvalue weighted by Crippen LogP contribution is 2.28. The molecular formula is C25H39IN4O3. The van der Waals surface area contributed by atoms with Crippen LogP contribution in [0.2, 0.25) is 0 Å². The maximum Gasteiger partial charge on any atom is 0.191 e. The Bertz CT molecular complexity index is 817. The molecule has 0 spiro atoms. The van der Waals surface area contributed by atoms with Crippen molar-refractivity contribution in [3.8, 4) is 11.5 Å². The largest absolute Gasteiger partial charge is 0.493 e. The van der Waals surface area contributed by atoms with E-state index in [0.717, 1.165) is 37.7 Å². The Morgan fingerprint density at radius 1 is 1.03 bits per heavy atom. The van der Waals surface area contributed by atoms with Gasteiger partial charge in [0, 0.05) is 13.1 Å². The lowest BCUT2D eigenvalue weighted by molar-refractivity contribution is 0.196. The normalized spacial score (nSPS) is 12.1. The Morgan fingerprint density at radius 2 is 1.76 bits per heavy atom. The van der Waals surface area contributed by atoms with Gasteiger partial charge in [0.15, 0.2) is 17.5 Å². The summed E-state index contributed by atoms with van der Waals surface area (Å²) in [5, 5.41) is 15.8. The molecule has 184 valence electrons. The predicted molar refractivity (Wildman–Crippen MR) is 146 cm³/mol. The smallest absolute Gasteiger partial charge is 0.191 e. The molecule has 1 unspecified atom stereocenters. The van der Waals surface area contributed by atoms with Crippen molar-refractivity contribution in [2.75, 3.05) is 46.5 Å². The average molecular weight is 571 g/mol. The second kappa shape index (κ2) is 16.6. The van der Waals surface area contributed by atoms with Crippen molar-refractivity contribution in [3.63, 3.8) is 0 Å². The van der Waals surface area contributed by atoms with Crippen molar-refractivity contribution < 1.29 is 14.6 Å². The number of aliphatic hydroxyl groups excluding tert-OH is 1. The first kappa shape index (κ1) is 29.0. The van der Waals surface area contributed by atoms with Crippen LogP contribution in [0.3, 0.4) is 0 Å². The van der Waals surface area contributed by atoms with E-state index in [9.17, 15) is 0 Å². The molecule has 8 heteroatoms. The predicted octanol–water partition coefficient (Wildman–Crippen LogP) is 3.82. The van der Waals surface area contributed by atoms with Crippen molar-refractivity contribution in [3.05, 3.63) is 59.7 Å². The van der Waals surface area contributed by atoms with E-state index in [1.165, 1.54) is 5.56 Å². The summed E-state index contributed by atoms with van der Waals surface area (Å²) in [5.74, 6) is 2.03. The molecule has 2 aromatic rings. The molecule has 1 atom stereocenters. The molecule has 0 aliphatic rings. The topological polar surface area (TPSA) is 78.4 Å². The first-order valence-corrected chi connectivity index (χ1v) is 11.4. The minimum atomic E-state index is -0.0373. The van der Waals surface area contributed by atoms with Crippen LogP contribution in [-0.2, 0) is 6.54 Å². The monoisotopic (exact) mass is 570 g/mol. The highest BCUT2D eigenvalue weighted by molar-refractivity contribution is 14.0. The molecule has 2 rings (SSSR count). The number of nitrogens with one attached hydrogen (secondary N) is 2. The zero-order valence-electron chi connectivity index (χ0n) is 20.2. The molecule has 0 aliphatic carbocycles. The van der Waals surface area contributed by atoms with Gasteiger partial charge in [0.25, 0.3) is 0 Å². The zero-order chi connectivity index (χ0) is 23.2. The molecule has 0 amide bonds. The molecule has 3 N–H and O–H groups in total. The van der Waals surface area contributed by atoms with Gasteiger partial charge in [-0.1, -0.05) is 50.2 Å². The summed E-state index contributed by atoms with van der Waals surface area (Å²) in [5.41, 5.74) is 2.31. The third-order valence-corrected chi connectivity index (χ3v) is 5.24. The fourth-order valence-corrected chi connectivity index (χ4v) is 3.59. The third-order valence-electron chi connectivity index (χ3n) is 5.24. The van der Waals surface area contributed by atoms with E-state index in [2.05, 4.69) is 66.6 Å². The van der Waals surface area contributed by atoms with E-state index >= 15 is 0 Å². The lowest BCUT2D eigenvalue weighted by Gasteiger charge is -2.30. The van der Waals surface area contributed by atoms with Crippen molar-refractivity contribution in [1.82, 2.24) is 15.5 Å². The number of ether oxygens (including phenoxy) is 2. The van der Waals surface area contributed by atoms with Crippen LogP contribution in [-0.4, -0.2) is 62.5 Å². The van der Waals surface area contributed by atoms with E-state index in [-0.39, 0.29) is 43.2 Å². The standard InChI is InChI=1S/C25H38N4O3.HI/c1-5-26-25(27-18-20-13-14-23(32-16-15-30)24(17-20)31-4)28-19-22(29(6-2)7-3)21-11-9-8-10-12-21;/h8-14,17,22,30H,5-7,15-16,18-19H2,1-4H3,(H2,26,27,28);1H. The number of likely N-dealkylation sites (N-methyl/N-ethyl adjacent to an activating group) is 1. The Balaban J connectivity index is 0.00000544. The molecule has 0 bridgehead atoms. The van der Waals surface area contributed by atoms with Crippen LogP contribution in [0.1, 0.15) is 37.9 Å². The number of halogens is 1. The third kappa shape index (κ3) is 9.38. The van der Waals surface area contributed by atoms with Gasteiger partial charge in [-0.25, -0.2) is 4.99 Å². The van der Waals surface area contributed by atoms with E-state index in [4.69, 9.17) is 19.6 Å². The van der Waals surface area contributed by atoms with Crippen molar-refractivity contribution in [1.29, 1.82) is 0 Å². The van der Waals surface area contributed by atoms with E-state index in [1.807, 2.05) is 18.2 Å². The van der Waals surface area contributed by atoms with E-state index in [1.54, 1.807) is 7.11 Å². The minimum Gasteiger partial charge on any atom is -0.493 e. The summed E-state index contributed by atoms with van der Waals surface area (Å²) in [4.78, 5) is 7.21. The fourth-order valence-electron chi connectivity index (χ4n) is 3.59. The minimum absolute atomic E-state index is 0. The van der Waals surface area contributed by atoms with Crippen LogP contribution in [0.4, 0.5) is 0 Å². The van der Waals surface area contributed by atoms with Gasteiger partial charge in [0.2, 0.25) is 0 Å². The van der Waals surface area contributed by atoms with Gasteiger partial charge in [0.05, 0.1) is 26.3 Å². The fraction of sp³-hybridized carbons (Fsp3) is 0.480. The Morgan fingerprint density at radius 3 is 2.36 bits per heavy atom. The summed E-state index contributed by atoms with van der Waals surface area (Å²) in [6, 6.07) is 16.6. The van der Waals surface area contributed by atoms with Crippen molar-refractivity contribution in [2.24, 2.45) is 4.99 Å². The highest BCUT2D eigenvalue weighted by Gasteiger charge is 2.18. The SMILES string of the molecule is CCNC(=NCc1ccc(OCCO)c(OC)c1)NCC(c1ccccc1)N(CC)CC.I. The molecule has 0 saturated heterocycles. The molecule has 2 aromatic carbocycles. The van der Waals surface area contributed by atoms with E-state index in [0.29, 0.717) is 18.0 Å². The maximum absolute atomic E-state index is 8.97. The van der Waals surface area contributed by atoms with Crippen LogP contribution < -0.4 is 20.1 Å². The molecule has 0 radical (unpaired) electrons. The number of aliphatic imine (C=N–C) groups is 1. The van der Waals surface area contributed by atoms with Gasteiger partial charge in [-0.3, -0.25) is 4.90 Å². The summed E-state index contributed by atoms with van der Waals surface area (Å²) in [6.45, 7) is 10.7. The van der Waals surface area contributed by atoms with Crippen LogP contribution in [0.25, 0.3) is 0 Å². The average Bonchev–Trinajstić information content (AvgIpc) is 2.84. The molecule has 7 nitrogen and oxygen atoms in total. The Hall–Kier alpha value is -2.04. The lowest BCUT2D eigenvalue weighted by atomic mass is 10.1. The summed E-state index contributed by atoms with van der Waals surface area (Å²) < 4.78 is 10.9. The number of methoxy groups -OCH3 is 1. The quantitative estimate of drug-likeness (QED) is 0.193. The summed E-state index contributed by atoms with van der Waals surface area (Å²) in [6.07, 6.45) is 0. The van der Waals surface area contributed by atoms with Crippen LogP contribution in [0.15, 0.2) is 53.5 Å². The molecule has 0 heterocycles. The van der Waals surface area contributed by atoms with Gasteiger partial charge >= 0.3 is 0 Å². The number of hydrogen-bond donors (Lipinski definition) is 3. The van der Waals surface area contributed by atoms with E-state index < -0.39 is 0 Å². The zero-order valence-corrected chi connectivity index (χ0v) is 22.5. The second-order valence-corrected chi connectivity index (χ2v) is 7.28. The first-order chi connectivity index (χ1) is 15.7.